The molecule has 0 aromatic heterocycles. The quantitative estimate of drug-likeness (QED) is 0.838. The highest BCUT2D eigenvalue weighted by Crippen LogP contribution is 2.19. The highest BCUT2D eigenvalue weighted by Gasteiger charge is 2.14. The van der Waals surface area contributed by atoms with Gasteiger partial charge in [0.2, 0.25) is 0 Å². The lowest BCUT2D eigenvalue weighted by Crippen LogP contribution is -2.34. The minimum atomic E-state index is -0.377. The van der Waals surface area contributed by atoms with E-state index in [1.807, 2.05) is 12.1 Å². The monoisotopic (exact) mass is 233 g/mol. The van der Waals surface area contributed by atoms with Crippen molar-refractivity contribution < 1.29 is 5.11 Å². The molecule has 1 aliphatic carbocycles. The first-order valence-electron chi connectivity index (χ1n) is 6.74. The average Bonchev–Trinajstić information content (AvgIpc) is 2.38. The fourth-order valence-electron chi connectivity index (χ4n) is 2.49. The van der Waals surface area contributed by atoms with Crippen molar-refractivity contribution in [3.8, 4) is 0 Å². The Morgan fingerprint density at radius 1 is 1.18 bits per heavy atom. The smallest absolute Gasteiger partial charge is 0.0914 e. The van der Waals surface area contributed by atoms with E-state index in [4.69, 9.17) is 0 Å². The van der Waals surface area contributed by atoms with Crippen molar-refractivity contribution in [2.24, 2.45) is 0 Å². The first kappa shape index (κ1) is 12.6. The van der Waals surface area contributed by atoms with E-state index in [2.05, 4.69) is 24.4 Å². The van der Waals surface area contributed by atoms with Crippen molar-refractivity contribution in [2.45, 2.75) is 51.2 Å². The Hall–Kier alpha value is -0.860. The zero-order chi connectivity index (χ0) is 12.1. The van der Waals surface area contributed by atoms with Crippen LogP contribution in [0.5, 0.6) is 0 Å². The minimum Gasteiger partial charge on any atom is -0.387 e. The molecule has 2 N–H and O–H groups in total. The molecule has 1 saturated carbocycles. The van der Waals surface area contributed by atoms with Crippen LogP contribution in [0.4, 0.5) is 0 Å². The maximum Gasteiger partial charge on any atom is 0.0914 e. The predicted octanol–water partition coefficient (Wildman–Crippen LogP) is 2.95. The van der Waals surface area contributed by atoms with Gasteiger partial charge in [0.05, 0.1) is 6.10 Å². The third-order valence-electron chi connectivity index (χ3n) is 3.67. The van der Waals surface area contributed by atoms with E-state index in [0.717, 1.165) is 5.56 Å². The summed E-state index contributed by atoms with van der Waals surface area (Å²) in [5.74, 6) is 0. The topological polar surface area (TPSA) is 32.3 Å². The molecule has 94 valence electrons. The summed E-state index contributed by atoms with van der Waals surface area (Å²) in [5.41, 5.74) is 2.25. The Morgan fingerprint density at radius 2 is 1.82 bits per heavy atom. The largest absolute Gasteiger partial charge is 0.387 e. The summed E-state index contributed by atoms with van der Waals surface area (Å²) in [4.78, 5) is 0. The van der Waals surface area contributed by atoms with Crippen LogP contribution in [0.25, 0.3) is 0 Å². The molecule has 0 heterocycles. The van der Waals surface area contributed by atoms with Gasteiger partial charge in [-0.3, -0.25) is 0 Å². The summed E-state index contributed by atoms with van der Waals surface area (Å²) in [7, 11) is 0. The molecule has 0 spiro atoms. The molecular weight excluding hydrogens is 210 g/mol. The van der Waals surface area contributed by atoms with Crippen molar-refractivity contribution in [2.75, 3.05) is 6.54 Å². The number of rotatable bonds is 4. The Kier molecular flexibility index (Phi) is 4.57. The third kappa shape index (κ3) is 3.83. The standard InChI is InChI=1S/C15H23NO/c1-12-7-9-13(10-8-12)15(17)11-16-14-5-3-2-4-6-14/h7-10,14-17H,2-6,11H2,1H3/t15-/m0/s1. The van der Waals surface area contributed by atoms with E-state index < -0.39 is 0 Å². The number of hydrogen-bond acceptors (Lipinski definition) is 2. The van der Waals surface area contributed by atoms with Crippen LogP contribution in [0.15, 0.2) is 24.3 Å². The molecule has 17 heavy (non-hydrogen) atoms. The third-order valence-corrected chi connectivity index (χ3v) is 3.67. The van der Waals surface area contributed by atoms with Gasteiger partial charge in [0.1, 0.15) is 0 Å². The molecule has 1 aromatic rings. The highest BCUT2D eigenvalue weighted by atomic mass is 16.3. The van der Waals surface area contributed by atoms with Gasteiger partial charge in [-0.05, 0) is 25.3 Å². The van der Waals surface area contributed by atoms with Gasteiger partial charge in [-0.25, -0.2) is 0 Å². The van der Waals surface area contributed by atoms with Gasteiger partial charge in [0, 0.05) is 12.6 Å². The summed E-state index contributed by atoms with van der Waals surface area (Å²) in [5, 5.41) is 13.6. The van der Waals surface area contributed by atoms with E-state index in [0.29, 0.717) is 12.6 Å². The SMILES string of the molecule is Cc1ccc([C@@H](O)CNC2CCCCC2)cc1. The molecule has 2 nitrogen and oxygen atoms in total. The number of nitrogens with one attached hydrogen (secondary N) is 1. The molecule has 1 atom stereocenters. The molecule has 0 saturated heterocycles. The van der Waals surface area contributed by atoms with E-state index in [9.17, 15) is 5.11 Å². The summed E-state index contributed by atoms with van der Waals surface area (Å²) < 4.78 is 0. The van der Waals surface area contributed by atoms with Crippen LogP contribution < -0.4 is 5.32 Å². The minimum absolute atomic E-state index is 0.377. The van der Waals surface area contributed by atoms with E-state index in [-0.39, 0.29) is 6.10 Å². The summed E-state index contributed by atoms with van der Waals surface area (Å²) >= 11 is 0. The summed E-state index contributed by atoms with van der Waals surface area (Å²) in [6.45, 7) is 2.74. The zero-order valence-electron chi connectivity index (χ0n) is 10.7. The molecule has 0 unspecified atom stereocenters. The second-order valence-corrected chi connectivity index (χ2v) is 5.17. The predicted molar refractivity (Wildman–Crippen MR) is 71.0 cm³/mol. The van der Waals surface area contributed by atoms with Gasteiger partial charge >= 0.3 is 0 Å². The van der Waals surface area contributed by atoms with Gasteiger partial charge in [-0.15, -0.1) is 0 Å². The zero-order valence-corrected chi connectivity index (χ0v) is 10.7. The Labute approximate surface area is 104 Å². The number of aliphatic hydroxyl groups excluding tert-OH is 1. The molecule has 1 fully saturated rings. The summed E-state index contributed by atoms with van der Waals surface area (Å²) in [6, 6.07) is 8.76. The average molecular weight is 233 g/mol. The molecule has 1 aromatic carbocycles. The molecule has 0 bridgehead atoms. The number of benzene rings is 1. The highest BCUT2D eigenvalue weighted by molar-refractivity contribution is 5.23. The number of hydrogen-bond donors (Lipinski definition) is 2. The van der Waals surface area contributed by atoms with Gasteiger partial charge in [0.25, 0.3) is 0 Å². The van der Waals surface area contributed by atoms with Crippen molar-refractivity contribution >= 4 is 0 Å². The fraction of sp³-hybridized carbons (Fsp3) is 0.600. The molecular formula is C15H23NO. The number of aliphatic hydroxyl groups is 1. The summed E-state index contributed by atoms with van der Waals surface area (Å²) in [6.07, 6.45) is 6.19. The van der Waals surface area contributed by atoms with Gasteiger partial charge in [-0.1, -0.05) is 49.1 Å². The second kappa shape index (κ2) is 6.18. The van der Waals surface area contributed by atoms with Crippen molar-refractivity contribution in [3.63, 3.8) is 0 Å². The fourth-order valence-corrected chi connectivity index (χ4v) is 2.49. The number of aryl methyl sites for hydroxylation is 1. The van der Waals surface area contributed by atoms with E-state index in [1.165, 1.54) is 37.7 Å². The van der Waals surface area contributed by atoms with Crippen LogP contribution in [0.2, 0.25) is 0 Å². The van der Waals surface area contributed by atoms with E-state index in [1.54, 1.807) is 0 Å². The maximum atomic E-state index is 10.1. The van der Waals surface area contributed by atoms with E-state index >= 15 is 0 Å². The lowest BCUT2D eigenvalue weighted by molar-refractivity contribution is 0.165. The lowest BCUT2D eigenvalue weighted by atomic mass is 9.95. The van der Waals surface area contributed by atoms with Gasteiger partial charge in [0.15, 0.2) is 0 Å². The van der Waals surface area contributed by atoms with Crippen LogP contribution in [0.3, 0.4) is 0 Å². The van der Waals surface area contributed by atoms with Gasteiger partial charge < -0.3 is 10.4 Å². The Morgan fingerprint density at radius 3 is 2.47 bits per heavy atom. The van der Waals surface area contributed by atoms with Crippen LogP contribution in [0.1, 0.15) is 49.3 Å². The normalized spacial score (nSPS) is 19.2. The van der Waals surface area contributed by atoms with Crippen molar-refractivity contribution in [1.29, 1.82) is 0 Å². The maximum absolute atomic E-state index is 10.1. The molecule has 0 aliphatic heterocycles. The van der Waals surface area contributed by atoms with Crippen molar-refractivity contribution in [3.05, 3.63) is 35.4 Å². The Balaban J connectivity index is 1.80. The van der Waals surface area contributed by atoms with Crippen LogP contribution >= 0.6 is 0 Å². The molecule has 2 heteroatoms. The van der Waals surface area contributed by atoms with Crippen molar-refractivity contribution in [1.82, 2.24) is 5.32 Å². The first-order valence-corrected chi connectivity index (χ1v) is 6.74. The Bertz CT molecular complexity index is 327. The van der Waals surface area contributed by atoms with Gasteiger partial charge in [-0.2, -0.15) is 0 Å². The molecule has 0 radical (unpaired) electrons. The van der Waals surface area contributed by atoms with Crippen LogP contribution in [0, 0.1) is 6.92 Å². The second-order valence-electron chi connectivity index (χ2n) is 5.17. The van der Waals surface area contributed by atoms with Crippen LogP contribution in [-0.4, -0.2) is 17.7 Å². The molecule has 0 amide bonds. The molecule has 2 rings (SSSR count). The first-order chi connectivity index (χ1) is 8.25. The van der Waals surface area contributed by atoms with Crippen LogP contribution in [-0.2, 0) is 0 Å². The lowest BCUT2D eigenvalue weighted by Gasteiger charge is -2.24. The molecule has 1 aliphatic rings.